The normalized spacial score (nSPS) is 13.9. The van der Waals surface area contributed by atoms with Gasteiger partial charge in [-0.3, -0.25) is 14.2 Å². The molecule has 122 valence electrons. The van der Waals surface area contributed by atoms with Crippen molar-refractivity contribution in [2.45, 2.75) is 24.3 Å². The fourth-order valence-corrected chi connectivity index (χ4v) is 3.64. The van der Waals surface area contributed by atoms with Gasteiger partial charge in [-0.05, 0) is 24.5 Å². The number of benzene rings is 1. The predicted octanol–water partition coefficient (Wildman–Crippen LogP) is 1.09. The van der Waals surface area contributed by atoms with E-state index >= 15 is 0 Å². The fourth-order valence-electron chi connectivity index (χ4n) is 2.42. The smallest absolute Gasteiger partial charge is 0.325 e. The van der Waals surface area contributed by atoms with Crippen LogP contribution in [0.4, 0.5) is 5.69 Å². The molecule has 1 aliphatic heterocycles. The van der Waals surface area contributed by atoms with Crippen LogP contribution in [0.15, 0.2) is 35.5 Å². The number of fused-ring (bicyclic) bond motifs is 1. The highest BCUT2D eigenvalue weighted by atomic mass is 32.2. The second-order valence-electron chi connectivity index (χ2n) is 5.12. The van der Waals surface area contributed by atoms with E-state index < -0.39 is 16.0 Å². The summed E-state index contributed by atoms with van der Waals surface area (Å²) in [5, 5.41) is 12.5. The first-order chi connectivity index (χ1) is 11.0. The molecule has 2 heterocycles. The van der Waals surface area contributed by atoms with E-state index in [1.807, 2.05) is 6.07 Å². The van der Waals surface area contributed by atoms with Gasteiger partial charge in [-0.15, -0.1) is 0 Å². The van der Waals surface area contributed by atoms with Crippen molar-refractivity contribution < 1.29 is 23.1 Å². The van der Waals surface area contributed by atoms with Crippen LogP contribution in [0.25, 0.3) is 0 Å². The summed E-state index contributed by atoms with van der Waals surface area (Å²) >= 11 is 0. The largest absolute Gasteiger partial charge is 0.492 e. The zero-order chi connectivity index (χ0) is 16.4. The Labute approximate surface area is 132 Å². The van der Waals surface area contributed by atoms with Crippen molar-refractivity contribution in [1.29, 1.82) is 0 Å². The minimum Gasteiger partial charge on any atom is -0.492 e. The summed E-state index contributed by atoms with van der Waals surface area (Å²) < 4.78 is 34.2. The molecule has 1 aliphatic rings. The number of ether oxygens (including phenoxy) is 1. The summed E-state index contributed by atoms with van der Waals surface area (Å²) in [6, 6.07) is 5.00. The van der Waals surface area contributed by atoms with Crippen molar-refractivity contribution in [1.82, 2.24) is 9.78 Å². The van der Waals surface area contributed by atoms with Gasteiger partial charge in [0.05, 0.1) is 18.5 Å². The van der Waals surface area contributed by atoms with Gasteiger partial charge < -0.3 is 9.84 Å². The van der Waals surface area contributed by atoms with E-state index in [1.54, 1.807) is 6.07 Å². The van der Waals surface area contributed by atoms with Crippen LogP contribution in [0.5, 0.6) is 5.75 Å². The third kappa shape index (κ3) is 3.29. The average molecular weight is 337 g/mol. The van der Waals surface area contributed by atoms with Crippen molar-refractivity contribution in [2.24, 2.45) is 0 Å². The number of hydrogen-bond donors (Lipinski definition) is 2. The van der Waals surface area contributed by atoms with Gasteiger partial charge in [0, 0.05) is 6.20 Å². The maximum absolute atomic E-state index is 12.6. The number of nitrogens with one attached hydrogen (secondary N) is 1. The standard InChI is InChI=1S/C14H15N3O5S/c18-13(19)9-17-8-11(7-15-17)16-23(20,21)12-5-1-3-10-4-2-6-22-14(10)12/h1,3,5,7-8,16H,2,4,6,9H2,(H,18,19). The molecule has 0 unspecified atom stereocenters. The molecule has 1 aromatic heterocycles. The lowest BCUT2D eigenvalue weighted by Crippen LogP contribution is -2.17. The van der Waals surface area contributed by atoms with Crippen molar-refractivity contribution in [2.75, 3.05) is 11.3 Å². The Morgan fingerprint density at radius 3 is 3.04 bits per heavy atom. The second kappa shape index (κ2) is 5.92. The molecule has 0 fully saturated rings. The molecule has 0 saturated heterocycles. The molecule has 0 bridgehead atoms. The van der Waals surface area contributed by atoms with Gasteiger partial charge in [0.25, 0.3) is 10.0 Å². The Morgan fingerprint density at radius 1 is 1.43 bits per heavy atom. The summed E-state index contributed by atoms with van der Waals surface area (Å²) in [6.07, 6.45) is 4.21. The Morgan fingerprint density at radius 2 is 2.26 bits per heavy atom. The lowest BCUT2D eigenvalue weighted by molar-refractivity contribution is -0.137. The number of para-hydroxylation sites is 1. The predicted molar refractivity (Wildman–Crippen MR) is 80.9 cm³/mol. The van der Waals surface area contributed by atoms with Crippen LogP contribution in [0.1, 0.15) is 12.0 Å². The van der Waals surface area contributed by atoms with E-state index in [0.29, 0.717) is 12.4 Å². The maximum atomic E-state index is 12.6. The number of aromatic nitrogens is 2. The van der Waals surface area contributed by atoms with E-state index in [1.165, 1.54) is 18.5 Å². The third-order valence-electron chi connectivity index (χ3n) is 3.37. The van der Waals surface area contributed by atoms with E-state index in [9.17, 15) is 13.2 Å². The molecule has 9 heteroatoms. The quantitative estimate of drug-likeness (QED) is 0.845. The van der Waals surface area contributed by atoms with E-state index in [0.717, 1.165) is 23.1 Å². The van der Waals surface area contributed by atoms with E-state index in [-0.39, 0.29) is 17.1 Å². The number of carbonyl (C=O) groups is 1. The van der Waals surface area contributed by atoms with E-state index in [4.69, 9.17) is 9.84 Å². The van der Waals surface area contributed by atoms with Crippen LogP contribution in [-0.2, 0) is 27.8 Å². The molecule has 0 radical (unpaired) electrons. The first kappa shape index (κ1) is 15.3. The SMILES string of the molecule is O=C(O)Cn1cc(NS(=O)(=O)c2cccc3c2OCCC3)cn1. The summed E-state index contributed by atoms with van der Waals surface area (Å²) in [6.45, 7) is 0.141. The minimum absolute atomic E-state index is 0.0701. The molecule has 0 aliphatic carbocycles. The average Bonchev–Trinajstić information content (AvgIpc) is 2.92. The fraction of sp³-hybridized carbons (Fsp3) is 0.286. The Kier molecular flexibility index (Phi) is 3.95. The van der Waals surface area contributed by atoms with Gasteiger partial charge in [0.2, 0.25) is 0 Å². The molecule has 23 heavy (non-hydrogen) atoms. The number of carboxylic acid groups (broad SMARTS) is 1. The topological polar surface area (TPSA) is 111 Å². The van der Waals surface area contributed by atoms with Crippen molar-refractivity contribution in [3.05, 3.63) is 36.2 Å². The molecular formula is C14H15N3O5S. The zero-order valence-electron chi connectivity index (χ0n) is 12.1. The third-order valence-corrected chi connectivity index (χ3v) is 4.77. The van der Waals surface area contributed by atoms with Crippen LogP contribution in [-0.4, -0.2) is 35.9 Å². The van der Waals surface area contributed by atoms with Crippen LogP contribution >= 0.6 is 0 Å². The summed E-state index contributed by atoms with van der Waals surface area (Å²) in [4.78, 5) is 10.7. The van der Waals surface area contributed by atoms with Gasteiger partial charge in [-0.1, -0.05) is 12.1 Å². The van der Waals surface area contributed by atoms with Crippen LogP contribution in [0.3, 0.4) is 0 Å². The van der Waals surface area contributed by atoms with Crippen LogP contribution < -0.4 is 9.46 Å². The maximum Gasteiger partial charge on any atom is 0.325 e. The highest BCUT2D eigenvalue weighted by Crippen LogP contribution is 2.32. The van der Waals surface area contributed by atoms with Crippen molar-refractivity contribution in [3.63, 3.8) is 0 Å². The van der Waals surface area contributed by atoms with Crippen LogP contribution in [0, 0.1) is 0 Å². The number of hydrogen-bond acceptors (Lipinski definition) is 5. The van der Waals surface area contributed by atoms with Gasteiger partial charge in [-0.25, -0.2) is 8.42 Å². The first-order valence-corrected chi connectivity index (χ1v) is 8.46. The molecule has 0 amide bonds. The van der Waals surface area contributed by atoms with Gasteiger partial charge >= 0.3 is 5.97 Å². The first-order valence-electron chi connectivity index (χ1n) is 6.97. The number of aliphatic carboxylic acids is 1. The van der Waals surface area contributed by atoms with Crippen LogP contribution in [0.2, 0.25) is 0 Å². The lowest BCUT2D eigenvalue weighted by Gasteiger charge is -2.20. The number of carboxylic acids is 1. The number of sulfonamides is 1. The Bertz CT molecular complexity index is 844. The lowest BCUT2D eigenvalue weighted by atomic mass is 10.1. The summed E-state index contributed by atoms with van der Waals surface area (Å²) in [5.74, 6) is -0.683. The number of nitrogens with zero attached hydrogens (tertiary/aromatic N) is 2. The minimum atomic E-state index is -3.85. The number of anilines is 1. The van der Waals surface area contributed by atoms with E-state index in [2.05, 4.69) is 9.82 Å². The molecule has 0 spiro atoms. The highest BCUT2D eigenvalue weighted by Gasteiger charge is 2.24. The number of aryl methyl sites for hydroxylation is 1. The molecule has 1 aromatic carbocycles. The van der Waals surface area contributed by atoms with Gasteiger partial charge in [-0.2, -0.15) is 5.10 Å². The molecule has 8 nitrogen and oxygen atoms in total. The Balaban J connectivity index is 1.88. The molecule has 0 atom stereocenters. The van der Waals surface area contributed by atoms with Crippen molar-refractivity contribution >= 4 is 21.7 Å². The Hall–Kier alpha value is -2.55. The van der Waals surface area contributed by atoms with Gasteiger partial charge in [0.15, 0.2) is 0 Å². The monoisotopic (exact) mass is 337 g/mol. The second-order valence-corrected chi connectivity index (χ2v) is 6.77. The summed E-state index contributed by atoms with van der Waals surface area (Å²) in [5.41, 5.74) is 1.06. The summed E-state index contributed by atoms with van der Waals surface area (Å²) in [7, 11) is -3.85. The molecule has 2 aromatic rings. The molecule has 0 saturated carbocycles. The zero-order valence-corrected chi connectivity index (χ0v) is 12.9. The highest BCUT2D eigenvalue weighted by molar-refractivity contribution is 7.92. The van der Waals surface area contributed by atoms with Gasteiger partial charge in [0.1, 0.15) is 17.2 Å². The molecular weight excluding hydrogens is 322 g/mol. The number of rotatable bonds is 5. The molecule has 3 rings (SSSR count). The molecule has 2 N–H and O–H groups in total. The van der Waals surface area contributed by atoms with Crippen molar-refractivity contribution in [3.8, 4) is 5.75 Å².